The molecule has 1 aliphatic heterocycles. The maximum Gasteiger partial charge on any atom is 0.434 e. The minimum Gasteiger partial charge on any atom is -0.390 e. The first-order chi connectivity index (χ1) is 14.9. The molecule has 4 aromatic heterocycles. The fraction of sp³-hybridized carbons (Fsp3) is 0.316. The van der Waals surface area contributed by atoms with Crippen LogP contribution in [0.2, 0.25) is 0 Å². The van der Waals surface area contributed by atoms with Crippen LogP contribution in [0.4, 0.5) is 19.0 Å². The second kappa shape index (κ2) is 7.30. The average molecular weight is 430 g/mol. The van der Waals surface area contributed by atoms with Gasteiger partial charge >= 0.3 is 6.18 Å². The Morgan fingerprint density at radius 3 is 2.87 bits per heavy atom. The predicted molar refractivity (Wildman–Crippen MR) is 103 cm³/mol. The first-order valence-corrected chi connectivity index (χ1v) is 9.56. The highest BCUT2D eigenvalue weighted by Gasteiger charge is 2.33. The van der Waals surface area contributed by atoms with Crippen LogP contribution >= 0.6 is 0 Å². The standard InChI is InChI=1S/C19H17F3N8O/c20-19(21,22)15-9-30-14(6-25-17(30)7-24-15)18-23-3-1-16(27-18)29-4-2-11(8-29)12-5-26-28-13(12)10-31/h1,3,5-7,9,11,31H,2,4,8,10H2,(H,26,28). The lowest BCUT2D eigenvalue weighted by molar-refractivity contribution is -0.141. The largest absolute Gasteiger partial charge is 0.434 e. The van der Waals surface area contributed by atoms with Crippen molar-refractivity contribution >= 4 is 11.5 Å². The predicted octanol–water partition coefficient (Wildman–Crippen LogP) is 2.41. The molecule has 0 saturated carbocycles. The lowest BCUT2D eigenvalue weighted by atomic mass is 9.99. The van der Waals surface area contributed by atoms with Crippen LogP contribution in [0.15, 0.2) is 37.1 Å². The highest BCUT2D eigenvalue weighted by atomic mass is 19.4. The summed E-state index contributed by atoms with van der Waals surface area (Å²) in [5, 5.41) is 16.3. The average Bonchev–Trinajstić information content (AvgIpc) is 3.51. The van der Waals surface area contributed by atoms with E-state index in [9.17, 15) is 18.3 Å². The molecule has 4 aromatic rings. The number of halogens is 3. The third-order valence-electron chi connectivity index (χ3n) is 5.41. The molecule has 0 amide bonds. The molecule has 1 atom stereocenters. The smallest absolute Gasteiger partial charge is 0.390 e. The van der Waals surface area contributed by atoms with Crippen LogP contribution < -0.4 is 4.90 Å². The molecule has 0 spiro atoms. The molecule has 0 aliphatic carbocycles. The van der Waals surface area contributed by atoms with Crippen LogP contribution in [0.25, 0.3) is 17.2 Å². The zero-order chi connectivity index (χ0) is 21.6. The van der Waals surface area contributed by atoms with Crippen molar-refractivity contribution in [1.82, 2.24) is 34.5 Å². The highest BCUT2D eigenvalue weighted by Crippen LogP contribution is 2.32. The van der Waals surface area contributed by atoms with E-state index in [0.29, 0.717) is 23.8 Å². The van der Waals surface area contributed by atoms with Crippen molar-refractivity contribution in [3.05, 3.63) is 54.0 Å². The monoisotopic (exact) mass is 430 g/mol. The number of hydrogen-bond donors (Lipinski definition) is 2. The van der Waals surface area contributed by atoms with Crippen molar-refractivity contribution in [3.63, 3.8) is 0 Å². The third-order valence-corrected chi connectivity index (χ3v) is 5.41. The number of aliphatic hydroxyl groups is 1. The molecular weight excluding hydrogens is 413 g/mol. The van der Waals surface area contributed by atoms with Crippen molar-refractivity contribution in [2.45, 2.75) is 25.1 Å². The quantitative estimate of drug-likeness (QED) is 0.512. The van der Waals surface area contributed by atoms with Gasteiger partial charge in [-0.15, -0.1) is 0 Å². The molecule has 1 aliphatic rings. The number of aromatic amines is 1. The molecule has 31 heavy (non-hydrogen) atoms. The molecule has 2 N–H and O–H groups in total. The number of imidazole rings is 1. The summed E-state index contributed by atoms with van der Waals surface area (Å²) in [6.07, 6.45) is 3.08. The molecule has 0 radical (unpaired) electrons. The summed E-state index contributed by atoms with van der Waals surface area (Å²) < 4.78 is 40.5. The molecule has 1 fully saturated rings. The van der Waals surface area contributed by atoms with Crippen LogP contribution in [0.1, 0.15) is 29.3 Å². The van der Waals surface area contributed by atoms with Gasteiger partial charge in [-0.25, -0.2) is 19.9 Å². The number of hydrogen-bond acceptors (Lipinski definition) is 7. The van der Waals surface area contributed by atoms with Gasteiger partial charge in [0.25, 0.3) is 0 Å². The lowest BCUT2D eigenvalue weighted by Crippen LogP contribution is -2.21. The number of rotatable bonds is 4. The molecule has 1 unspecified atom stereocenters. The van der Waals surface area contributed by atoms with Gasteiger partial charge in [0.1, 0.15) is 11.5 Å². The number of fused-ring (bicyclic) bond motifs is 1. The van der Waals surface area contributed by atoms with E-state index in [2.05, 4.69) is 35.0 Å². The topological polar surface area (TPSA) is 108 Å². The maximum atomic E-state index is 13.1. The Balaban J connectivity index is 1.45. The molecule has 12 heteroatoms. The molecule has 9 nitrogen and oxygen atoms in total. The molecule has 0 aromatic carbocycles. The Labute approximate surface area is 173 Å². The van der Waals surface area contributed by atoms with Crippen LogP contribution in [-0.4, -0.2) is 52.7 Å². The van der Waals surface area contributed by atoms with Crippen LogP contribution in [0, 0.1) is 0 Å². The fourth-order valence-electron chi connectivity index (χ4n) is 3.88. The van der Waals surface area contributed by atoms with E-state index in [4.69, 9.17) is 0 Å². The zero-order valence-corrected chi connectivity index (χ0v) is 16.1. The minimum absolute atomic E-state index is 0.129. The van der Waals surface area contributed by atoms with E-state index in [0.717, 1.165) is 30.9 Å². The number of aromatic nitrogens is 7. The van der Waals surface area contributed by atoms with Crippen molar-refractivity contribution in [2.24, 2.45) is 0 Å². The number of H-pyrrole nitrogens is 1. The number of aliphatic hydroxyl groups excluding tert-OH is 1. The lowest BCUT2D eigenvalue weighted by Gasteiger charge is -2.18. The van der Waals surface area contributed by atoms with Crippen LogP contribution in [0.5, 0.6) is 0 Å². The Morgan fingerprint density at radius 1 is 1.19 bits per heavy atom. The summed E-state index contributed by atoms with van der Waals surface area (Å²) in [5.74, 6) is 1.13. The van der Waals surface area contributed by atoms with Gasteiger partial charge in [0.2, 0.25) is 0 Å². The molecule has 0 bridgehead atoms. The van der Waals surface area contributed by atoms with E-state index in [1.807, 2.05) is 0 Å². The zero-order valence-electron chi connectivity index (χ0n) is 16.1. The molecule has 5 heterocycles. The summed E-state index contributed by atoms with van der Waals surface area (Å²) >= 11 is 0. The summed E-state index contributed by atoms with van der Waals surface area (Å²) in [4.78, 5) is 18.4. The number of nitrogens with one attached hydrogen (secondary N) is 1. The summed E-state index contributed by atoms with van der Waals surface area (Å²) in [5.41, 5.74) is 1.22. The Hall–Kier alpha value is -3.54. The van der Waals surface area contributed by atoms with Gasteiger partial charge in [-0.3, -0.25) is 9.50 Å². The summed E-state index contributed by atoms with van der Waals surface area (Å²) in [7, 11) is 0. The summed E-state index contributed by atoms with van der Waals surface area (Å²) in [6, 6.07) is 1.76. The highest BCUT2D eigenvalue weighted by molar-refractivity contribution is 5.58. The Kier molecular flexibility index (Phi) is 4.58. The van der Waals surface area contributed by atoms with Crippen molar-refractivity contribution in [1.29, 1.82) is 0 Å². The van der Waals surface area contributed by atoms with Gasteiger partial charge in [-0.2, -0.15) is 18.3 Å². The van der Waals surface area contributed by atoms with Crippen molar-refractivity contribution < 1.29 is 18.3 Å². The van der Waals surface area contributed by atoms with Gasteiger partial charge in [0.15, 0.2) is 17.2 Å². The van der Waals surface area contributed by atoms with E-state index < -0.39 is 11.9 Å². The number of alkyl halides is 3. The Bertz CT molecular complexity index is 1230. The Morgan fingerprint density at radius 2 is 2.06 bits per heavy atom. The first-order valence-electron chi connectivity index (χ1n) is 9.56. The second-order valence-electron chi connectivity index (χ2n) is 7.26. The number of nitrogens with zero attached hydrogens (tertiary/aromatic N) is 7. The van der Waals surface area contributed by atoms with Crippen LogP contribution in [0.3, 0.4) is 0 Å². The van der Waals surface area contributed by atoms with Gasteiger partial charge in [0.05, 0.1) is 24.7 Å². The first kappa shape index (κ1) is 19.4. The molecule has 1 saturated heterocycles. The van der Waals surface area contributed by atoms with Crippen LogP contribution in [-0.2, 0) is 12.8 Å². The molecule has 160 valence electrons. The van der Waals surface area contributed by atoms with E-state index >= 15 is 0 Å². The number of anilines is 1. The van der Waals surface area contributed by atoms with Crippen molar-refractivity contribution in [3.8, 4) is 11.5 Å². The van der Waals surface area contributed by atoms with Crippen molar-refractivity contribution in [2.75, 3.05) is 18.0 Å². The van der Waals surface area contributed by atoms with E-state index in [-0.39, 0.29) is 24.0 Å². The minimum atomic E-state index is -4.57. The normalized spacial score (nSPS) is 17.0. The van der Waals surface area contributed by atoms with Gasteiger partial charge in [0, 0.05) is 43.2 Å². The third kappa shape index (κ3) is 3.48. The second-order valence-corrected chi connectivity index (χ2v) is 7.26. The van der Waals surface area contributed by atoms with Gasteiger partial charge < -0.3 is 10.0 Å². The fourth-order valence-corrected chi connectivity index (χ4v) is 3.88. The molecule has 5 rings (SSSR count). The molecular formula is C19H17F3N8O. The maximum absolute atomic E-state index is 13.1. The summed E-state index contributed by atoms with van der Waals surface area (Å²) in [6.45, 7) is 1.29. The SMILES string of the molecule is OCc1n[nH]cc1C1CCN(c2ccnc(-c3cnc4cnc(C(F)(F)F)cn34)n2)C1. The van der Waals surface area contributed by atoms with E-state index in [1.165, 1.54) is 10.6 Å². The van der Waals surface area contributed by atoms with Gasteiger partial charge in [-0.05, 0) is 12.5 Å². The van der Waals surface area contributed by atoms with Gasteiger partial charge in [-0.1, -0.05) is 0 Å². The van der Waals surface area contributed by atoms with E-state index in [1.54, 1.807) is 18.5 Å².